The number of hydrogen-bond acceptors (Lipinski definition) is 4. The quantitative estimate of drug-likeness (QED) is 0.229. The minimum Gasteiger partial charge on any atom is -0.465 e. The summed E-state index contributed by atoms with van der Waals surface area (Å²) in [6.45, 7) is 1.11. The fraction of sp³-hybridized carbons (Fsp3) is 0.250. The van der Waals surface area contributed by atoms with Crippen LogP contribution in [0.4, 0.5) is 17.6 Å². The molecule has 0 saturated carbocycles. The van der Waals surface area contributed by atoms with Crippen molar-refractivity contribution in [3.63, 3.8) is 0 Å². The van der Waals surface area contributed by atoms with E-state index < -0.39 is 36.3 Å². The molecule has 2 aromatic carbocycles. The highest BCUT2D eigenvalue weighted by Gasteiger charge is 2.30. The van der Waals surface area contributed by atoms with Gasteiger partial charge in [-0.2, -0.15) is 13.2 Å². The summed E-state index contributed by atoms with van der Waals surface area (Å²) in [5.41, 5.74) is 2.36. The summed E-state index contributed by atoms with van der Waals surface area (Å²) >= 11 is 0. The number of ether oxygens (including phenoxy) is 1. The van der Waals surface area contributed by atoms with Crippen LogP contribution in [0.3, 0.4) is 0 Å². The number of aryl methyl sites for hydroxylation is 1. The van der Waals surface area contributed by atoms with E-state index in [0.29, 0.717) is 27.7 Å². The van der Waals surface area contributed by atoms with Crippen molar-refractivity contribution < 1.29 is 31.9 Å². The molecule has 1 amide bonds. The summed E-state index contributed by atoms with van der Waals surface area (Å²) in [6, 6.07) is 12.7. The molecule has 6 nitrogen and oxygen atoms in total. The number of methoxy groups -OCH3 is 1. The Labute approximate surface area is 216 Å². The van der Waals surface area contributed by atoms with E-state index in [0.717, 1.165) is 17.7 Å². The zero-order valence-electron chi connectivity index (χ0n) is 20.7. The molecular formula is C28H25F4N3O3. The third-order valence-electron chi connectivity index (χ3n) is 6.27. The Hall–Kier alpha value is -4.21. The van der Waals surface area contributed by atoms with Gasteiger partial charge < -0.3 is 14.6 Å². The molecule has 0 saturated heterocycles. The van der Waals surface area contributed by atoms with E-state index in [-0.39, 0.29) is 18.5 Å². The zero-order valence-corrected chi connectivity index (χ0v) is 20.7. The number of alkyl halides is 4. The Balaban J connectivity index is 1.65. The Kier molecular flexibility index (Phi) is 7.80. The van der Waals surface area contributed by atoms with Gasteiger partial charge in [0.05, 0.1) is 36.4 Å². The minimum absolute atomic E-state index is 0.00887. The first kappa shape index (κ1) is 26.8. The Morgan fingerprint density at radius 3 is 2.34 bits per heavy atom. The number of hydrogen-bond donors (Lipinski definition) is 1. The molecule has 0 radical (unpaired) electrons. The van der Waals surface area contributed by atoms with E-state index in [1.165, 1.54) is 31.6 Å². The lowest BCUT2D eigenvalue weighted by atomic mass is 9.99. The standard InChI is InChI=1S/C28H25F4N3O3/c1-17(19-5-7-20(8-6-19)27(37)38-2)34-26(36)23-16-35(14-12-29)25-24(23)21(11-13-33-25)15-18-3-9-22(10-4-18)28(30,31)32/h3-11,13,16-17H,12,14-15H2,1-2H3,(H,34,36)/t17-/m0/s1. The monoisotopic (exact) mass is 527 g/mol. The van der Waals surface area contributed by atoms with Crippen molar-refractivity contribution >= 4 is 22.9 Å². The maximum absolute atomic E-state index is 13.4. The van der Waals surface area contributed by atoms with E-state index >= 15 is 0 Å². The number of esters is 1. The fourth-order valence-electron chi connectivity index (χ4n) is 4.28. The Bertz CT molecular complexity index is 1450. The van der Waals surface area contributed by atoms with Gasteiger partial charge in [0.15, 0.2) is 0 Å². The predicted molar refractivity (Wildman–Crippen MR) is 134 cm³/mol. The summed E-state index contributed by atoms with van der Waals surface area (Å²) in [6.07, 6.45) is -1.12. The molecule has 0 spiro atoms. The van der Waals surface area contributed by atoms with Crippen LogP contribution < -0.4 is 5.32 Å². The van der Waals surface area contributed by atoms with Crippen LogP contribution in [0.25, 0.3) is 11.0 Å². The van der Waals surface area contributed by atoms with Crippen molar-refractivity contribution in [2.75, 3.05) is 13.8 Å². The van der Waals surface area contributed by atoms with Crippen LogP contribution in [0.2, 0.25) is 0 Å². The van der Waals surface area contributed by atoms with Crippen LogP contribution in [-0.2, 0) is 23.9 Å². The van der Waals surface area contributed by atoms with Crippen LogP contribution in [0, 0.1) is 0 Å². The van der Waals surface area contributed by atoms with Gasteiger partial charge in [0.25, 0.3) is 5.91 Å². The van der Waals surface area contributed by atoms with Crippen molar-refractivity contribution in [2.24, 2.45) is 0 Å². The fourth-order valence-corrected chi connectivity index (χ4v) is 4.28. The summed E-state index contributed by atoms with van der Waals surface area (Å²) in [7, 11) is 1.29. The number of amides is 1. The highest BCUT2D eigenvalue weighted by molar-refractivity contribution is 6.07. The largest absolute Gasteiger partial charge is 0.465 e. The SMILES string of the molecule is COC(=O)c1ccc([C@H](C)NC(=O)c2cn(CCF)c3nccc(Cc4ccc(C(F)(F)F)cc4)c23)cc1. The first-order valence-electron chi connectivity index (χ1n) is 11.8. The second-order valence-electron chi connectivity index (χ2n) is 8.77. The molecule has 0 aliphatic heterocycles. The van der Waals surface area contributed by atoms with E-state index in [1.54, 1.807) is 41.8 Å². The number of carbonyl (C=O) groups is 2. The van der Waals surface area contributed by atoms with Gasteiger partial charge >= 0.3 is 12.1 Å². The van der Waals surface area contributed by atoms with E-state index in [2.05, 4.69) is 10.3 Å². The molecule has 4 rings (SSSR count). The average Bonchev–Trinajstić information content (AvgIpc) is 3.28. The number of aromatic nitrogens is 2. The van der Waals surface area contributed by atoms with E-state index in [1.807, 2.05) is 0 Å². The third-order valence-corrected chi connectivity index (χ3v) is 6.27. The lowest BCUT2D eigenvalue weighted by molar-refractivity contribution is -0.137. The molecule has 0 aliphatic carbocycles. The van der Waals surface area contributed by atoms with Crippen molar-refractivity contribution in [1.29, 1.82) is 0 Å². The number of rotatable bonds is 8. The highest BCUT2D eigenvalue weighted by atomic mass is 19.4. The van der Waals surface area contributed by atoms with Crippen LogP contribution >= 0.6 is 0 Å². The molecule has 2 aromatic heterocycles. The van der Waals surface area contributed by atoms with Crippen LogP contribution in [0.15, 0.2) is 67.0 Å². The van der Waals surface area contributed by atoms with Crippen molar-refractivity contribution in [1.82, 2.24) is 14.9 Å². The van der Waals surface area contributed by atoms with Crippen LogP contribution in [0.5, 0.6) is 0 Å². The summed E-state index contributed by atoms with van der Waals surface area (Å²) in [5.74, 6) is -0.888. The maximum Gasteiger partial charge on any atom is 0.416 e. The average molecular weight is 528 g/mol. The number of benzene rings is 2. The third kappa shape index (κ3) is 5.69. The van der Waals surface area contributed by atoms with E-state index in [4.69, 9.17) is 4.74 Å². The first-order valence-corrected chi connectivity index (χ1v) is 11.8. The number of halogens is 4. The lowest BCUT2D eigenvalue weighted by Crippen LogP contribution is -2.26. The van der Waals surface area contributed by atoms with Gasteiger partial charge in [-0.3, -0.25) is 4.79 Å². The number of pyridine rings is 1. The molecule has 0 aliphatic rings. The van der Waals surface area contributed by atoms with Crippen LogP contribution in [-0.4, -0.2) is 35.2 Å². The first-order chi connectivity index (χ1) is 18.1. The van der Waals surface area contributed by atoms with Crippen LogP contribution in [0.1, 0.15) is 55.9 Å². The van der Waals surface area contributed by atoms with Gasteiger partial charge in [0.2, 0.25) is 0 Å². The Morgan fingerprint density at radius 1 is 1.05 bits per heavy atom. The summed E-state index contributed by atoms with van der Waals surface area (Å²) in [4.78, 5) is 29.4. The molecule has 198 valence electrons. The van der Waals surface area contributed by atoms with Gasteiger partial charge in [-0.15, -0.1) is 0 Å². The summed E-state index contributed by atoms with van der Waals surface area (Å²) in [5, 5.41) is 3.43. The van der Waals surface area contributed by atoms with Gasteiger partial charge in [0, 0.05) is 17.8 Å². The zero-order chi connectivity index (χ0) is 27.4. The van der Waals surface area contributed by atoms with Crippen molar-refractivity contribution in [3.05, 3.63) is 100 Å². The minimum atomic E-state index is -4.44. The van der Waals surface area contributed by atoms with Gasteiger partial charge in [-0.05, 0) is 60.4 Å². The molecule has 10 heteroatoms. The van der Waals surface area contributed by atoms with Gasteiger partial charge in [0.1, 0.15) is 12.3 Å². The molecule has 1 N–H and O–H groups in total. The van der Waals surface area contributed by atoms with Crippen molar-refractivity contribution in [3.8, 4) is 0 Å². The summed E-state index contributed by atoms with van der Waals surface area (Å²) < 4.78 is 58.4. The highest BCUT2D eigenvalue weighted by Crippen LogP contribution is 2.31. The predicted octanol–water partition coefficient (Wildman–Crippen LogP) is 5.89. The molecule has 38 heavy (non-hydrogen) atoms. The molecule has 0 fully saturated rings. The molecule has 0 unspecified atom stereocenters. The van der Waals surface area contributed by atoms with E-state index in [9.17, 15) is 27.2 Å². The number of fused-ring (bicyclic) bond motifs is 1. The number of carbonyl (C=O) groups excluding carboxylic acids is 2. The smallest absolute Gasteiger partial charge is 0.416 e. The number of nitrogens with zero attached hydrogens (tertiary/aromatic N) is 2. The van der Waals surface area contributed by atoms with Gasteiger partial charge in [-0.1, -0.05) is 24.3 Å². The molecular weight excluding hydrogens is 502 g/mol. The molecule has 2 heterocycles. The molecule has 4 aromatic rings. The molecule has 0 bridgehead atoms. The number of nitrogens with one attached hydrogen (secondary N) is 1. The normalized spacial score (nSPS) is 12.4. The second kappa shape index (κ2) is 11.0. The second-order valence-corrected chi connectivity index (χ2v) is 8.77. The topological polar surface area (TPSA) is 73.2 Å². The lowest BCUT2D eigenvalue weighted by Gasteiger charge is -2.15. The van der Waals surface area contributed by atoms with Gasteiger partial charge in [-0.25, -0.2) is 14.2 Å². The van der Waals surface area contributed by atoms with Crippen molar-refractivity contribution in [2.45, 2.75) is 32.1 Å². The Morgan fingerprint density at radius 2 is 1.74 bits per heavy atom. The molecule has 1 atom stereocenters. The maximum atomic E-state index is 13.4.